The average molecular weight is 367 g/mol. The largest absolute Gasteiger partial charge is 0.459 e. The van der Waals surface area contributed by atoms with Crippen LogP contribution in [-0.4, -0.2) is 33.0 Å². The highest BCUT2D eigenvalue weighted by Gasteiger charge is 2.61. The molecule has 0 radical (unpaired) electrons. The van der Waals surface area contributed by atoms with Crippen molar-refractivity contribution >= 4 is 5.97 Å². The summed E-state index contributed by atoms with van der Waals surface area (Å²) in [6.45, 7) is 8.65. The lowest BCUT2D eigenvalue weighted by atomic mass is 9.61. The summed E-state index contributed by atoms with van der Waals surface area (Å²) in [5, 5.41) is 22.1. The van der Waals surface area contributed by atoms with Gasteiger partial charge in [0.2, 0.25) is 0 Å². The molecule has 4 nitrogen and oxygen atoms in total. The number of unbranched alkanes of at least 4 members (excludes halogenated alkanes) is 1. The third-order valence-electron chi connectivity index (χ3n) is 6.72. The van der Waals surface area contributed by atoms with Crippen molar-refractivity contribution in [2.45, 2.75) is 115 Å². The molecular weight excluding hydrogens is 328 g/mol. The number of fused-ring (bicyclic) bond motifs is 1. The third kappa shape index (κ3) is 4.44. The van der Waals surface area contributed by atoms with E-state index in [0.717, 1.165) is 51.4 Å². The Hall–Kier alpha value is -0.610. The quantitative estimate of drug-likeness (QED) is 0.685. The van der Waals surface area contributed by atoms with E-state index in [2.05, 4.69) is 27.7 Å². The number of hydrogen-bond donors (Lipinski definition) is 2. The summed E-state index contributed by atoms with van der Waals surface area (Å²) in [5.74, 6) is 0.158. The smallest absolute Gasteiger partial charge is 0.309 e. The Morgan fingerprint density at radius 3 is 2.50 bits per heavy atom. The molecule has 0 heterocycles. The summed E-state index contributed by atoms with van der Waals surface area (Å²) < 4.78 is 6.21. The maximum absolute atomic E-state index is 13.1. The summed E-state index contributed by atoms with van der Waals surface area (Å²) >= 11 is 0. The molecule has 0 aromatic rings. The fourth-order valence-corrected chi connectivity index (χ4v) is 6.18. The summed E-state index contributed by atoms with van der Waals surface area (Å²) in [7, 11) is 0. The van der Waals surface area contributed by atoms with E-state index < -0.39 is 16.8 Å². The van der Waals surface area contributed by atoms with Crippen molar-refractivity contribution < 1.29 is 19.7 Å². The summed E-state index contributed by atoms with van der Waals surface area (Å²) in [4.78, 5) is 13.1. The Labute approximate surface area is 158 Å². The van der Waals surface area contributed by atoms with Crippen LogP contribution in [0.25, 0.3) is 0 Å². The monoisotopic (exact) mass is 366 g/mol. The van der Waals surface area contributed by atoms with Crippen molar-refractivity contribution in [3.63, 3.8) is 0 Å². The van der Waals surface area contributed by atoms with Gasteiger partial charge in [0.1, 0.15) is 5.60 Å². The van der Waals surface area contributed by atoms with Gasteiger partial charge in [-0.1, -0.05) is 40.5 Å². The molecule has 0 aromatic carbocycles. The molecule has 0 amide bonds. The van der Waals surface area contributed by atoms with Gasteiger partial charge >= 0.3 is 5.97 Å². The fraction of sp³-hybridized carbons (Fsp3) is 0.955. The van der Waals surface area contributed by atoms with Crippen LogP contribution < -0.4 is 0 Å². The van der Waals surface area contributed by atoms with Crippen molar-refractivity contribution in [3.8, 4) is 0 Å². The maximum Gasteiger partial charge on any atom is 0.309 e. The molecule has 5 atom stereocenters. The Kier molecular flexibility index (Phi) is 5.24. The highest BCUT2D eigenvalue weighted by Crippen LogP contribution is 2.58. The summed E-state index contributed by atoms with van der Waals surface area (Å²) in [6, 6.07) is 0. The Morgan fingerprint density at radius 2 is 1.85 bits per heavy atom. The zero-order valence-electron chi connectivity index (χ0n) is 17.1. The first-order valence-electron chi connectivity index (χ1n) is 10.6. The second-order valence-corrected chi connectivity index (χ2v) is 11.0. The van der Waals surface area contributed by atoms with Crippen molar-refractivity contribution in [2.75, 3.05) is 0 Å². The lowest BCUT2D eigenvalue weighted by molar-refractivity contribution is -0.220. The number of carbonyl (C=O) groups excluding carboxylic acids is 1. The summed E-state index contributed by atoms with van der Waals surface area (Å²) in [6.07, 6.45) is 8.42. The van der Waals surface area contributed by atoms with Crippen molar-refractivity contribution in [1.82, 2.24) is 0 Å². The van der Waals surface area contributed by atoms with E-state index in [1.807, 2.05) is 0 Å². The fourth-order valence-electron chi connectivity index (χ4n) is 6.18. The summed E-state index contributed by atoms with van der Waals surface area (Å²) in [5.41, 5.74) is -2.33. The van der Waals surface area contributed by atoms with Crippen molar-refractivity contribution in [1.29, 1.82) is 0 Å². The van der Waals surface area contributed by atoms with Crippen LogP contribution in [0.5, 0.6) is 0 Å². The number of ether oxygens (including phenoxy) is 1. The maximum atomic E-state index is 13.1. The number of carbonyl (C=O) groups is 1. The Morgan fingerprint density at radius 1 is 1.15 bits per heavy atom. The van der Waals surface area contributed by atoms with E-state index in [0.29, 0.717) is 25.2 Å². The molecular formula is C22H38O4. The molecule has 5 unspecified atom stereocenters. The minimum Gasteiger partial charge on any atom is -0.459 e. The van der Waals surface area contributed by atoms with E-state index >= 15 is 0 Å². The van der Waals surface area contributed by atoms with Crippen molar-refractivity contribution in [2.24, 2.45) is 17.3 Å². The van der Waals surface area contributed by atoms with Crippen LogP contribution in [0.3, 0.4) is 0 Å². The van der Waals surface area contributed by atoms with Crippen LogP contribution in [0, 0.1) is 17.3 Å². The van der Waals surface area contributed by atoms with Gasteiger partial charge in [0.05, 0.1) is 17.1 Å². The van der Waals surface area contributed by atoms with E-state index in [-0.39, 0.29) is 17.3 Å². The second kappa shape index (κ2) is 6.77. The second-order valence-electron chi connectivity index (χ2n) is 11.0. The number of hydrogen-bond acceptors (Lipinski definition) is 4. The van der Waals surface area contributed by atoms with Gasteiger partial charge in [-0.25, -0.2) is 0 Å². The molecule has 4 aliphatic rings. The molecule has 4 bridgehead atoms. The Balaban J connectivity index is 1.78. The van der Waals surface area contributed by atoms with Crippen LogP contribution in [0.2, 0.25) is 0 Å². The molecule has 0 aromatic heterocycles. The molecule has 150 valence electrons. The molecule has 4 rings (SSSR count). The normalized spacial score (nSPS) is 40.3. The lowest BCUT2D eigenvalue weighted by Gasteiger charge is -2.54. The molecule has 4 aliphatic carbocycles. The first kappa shape index (κ1) is 20.1. The zero-order chi connectivity index (χ0) is 19.2. The third-order valence-corrected chi connectivity index (χ3v) is 6.72. The molecule has 0 aliphatic heterocycles. The molecule has 4 heteroatoms. The van der Waals surface area contributed by atoms with Gasteiger partial charge in [0.15, 0.2) is 0 Å². The highest BCUT2D eigenvalue weighted by molar-refractivity contribution is 5.73. The van der Waals surface area contributed by atoms with Gasteiger partial charge in [-0.3, -0.25) is 4.79 Å². The zero-order valence-corrected chi connectivity index (χ0v) is 17.1. The predicted molar refractivity (Wildman–Crippen MR) is 102 cm³/mol. The minimum atomic E-state index is -0.874. The molecule has 4 fully saturated rings. The molecule has 2 N–H and O–H groups in total. The molecule has 26 heavy (non-hydrogen) atoms. The van der Waals surface area contributed by atoms with E-state index in [1.54, 1.807) is 0 Å². The predicted octanol–water partition coefficient (Wildman–Crippen LogP) is 4.36. The van der Waals surface area contributed by atoms with Crippen LogP contribution in [0.1, 0.15) is 98.3 Å². The van der Waals surface area contributed by atoms with Gasteiger partial charge in [0, 0.05) is 19.3 Å². The average Bonchev–Trinajstić information content (AvgIpc) is 2.61. The molecule has 0 saturated heterocycles. The number of esters is 1. The molecule has 4 saturated carbocycles. The highest BCUT2D eigenvalue weighted by atomic mass is 16.6. The first-order valence-corrected chi connectivity index (χ1v) is 10.6. The first-order chi connectivity index (χ1) is 12.0. The van der Waals surface area contributed by atoms with Gasteiger partial charge in [-0.15, -0.1) is 0 Å². The van der Waals surface area contributed by atoms with Crippen molar-refractivity contribution in [3.05, 3.63) is 0 Å². The van der Waals surface area contributed by atoms with E-state index in [4.69, 9.17) is 4.74 Å². The van der Waals surface area contributed by atoms with Crippen LogP contribution in [-0.2, 0) is 9.53 Å². The standard InChI is InChI=1S/C22H38O4/c1-5-6-7-17(12-19(2,3)4)18(23)26-22-11-16-8-9-20(24,14-22)13-21(25,10-16)15-22/h16-17,24-25H,5-15H2,1-4H3. The van der Waals surface area contributed by atoms with Crippen LogP contribution in [0.15, 0.2) is 0 Å². The SMILES string of the molecule is CCCCC(CC(C)(C)C)C(=O)OC12CC3CCC(O)(CC(O)(C3)C1)C2. The molecule has 0 spiro atoms. The number of rotatable bonds is 6. The van der Waals surface area contributed by atoms with Crippen LogP contribution in [0.4, 0.5) is 0 Å². The van der Waals surface area contributed by atoms with Gasteiger partial charge in [0.25, 0.3) is 0 Å². The van der Waals surface area contributed by atoms with E-state index in [1.165, 1.54) is 0 Å². The minimum absolute atomic E-state index is 0.0756. The van der Waals surface area contributed by atoms with Gasteiger partial charge in [-0.05, 0) is 49.9 Å². The lowest BCUT2D eigenvalue weighted by Crippen LogP contribution is -2.60. The van der Waals surface area contributed by atoms with Gasteiger partial charge in [-0.2, -0.15) is 0 Å². The van der Waals surface area contributed by atoms with Crippen LogP contribution >= 0.6 is 0 Å². The van der Waals surface area contributed by atoms with Gasteiger partial charge < -0.3 is 14.9 Å². The topological polar surface area (TPSA) is 66.8 Å². The Bertz CT molecular complexity index is 537. The van der Waals surface area contributed by atoms with E-state index in [9.17, 15) is 15.0 Å². The number of aliphatic hydroxyl groups is 2.